The second kappa shape index (κ2) is 4.64. The molecule has 2 rings (SSSR count). The Morgan fingerprint density at radius 1 is 1.47 bits per heavy atom. The summed E-state index contributed by atoms with van der Waals surface area (Å²) in [6.07, 6.45) is 7.49. The standard InChI is InChI=1S/C12H13N2O/c1-15-12-4-2-3-11(9-12)5-7-14-8-6-13-10-14/h2-4,6,8-9H,5,7H2,1H3. The zero-order valence-corrected chi connectivity index (χ0v) is 8.68. The molecule has 15 heavy (non-hydrogen) atoms. The lowest BCUT2D eigenvalue weighted by molar-refractivity contribution is 0.414. The number of rotatable bonds is 4. The molecule has 0 aliphatic heterocycles. The maximum atomic E-state index is 5.16. The van der Waals surface area contributed by atoms with Crippen molar-refractivity contribution in [3.8, 4) is 5.75 Å². The van der Waals surface area contributed by atoms with Gasteiger partial charge in [-0.15, -0.1) is 0 Å². The highest BCUT2D eigenvalue weighted by atomic mass is 16.5. The van der Waals surface area contributed by atoms with E-state index < -0.39 is 0 Å². The van der Waals surface area contributed by atoms with Crippen molar-refractivity contribution in [1.29, 1.82) is 0 Å². The summed E-state index contributed by atoms with van der Waals surface area (Å²) in [5.41, 5.74) is 1.26. The van der Waals surface area contributed by atoms with Gasteiger partial charge in [0.15, 0.2) is 6.33 Å². The molecule has 0 saturated heterocycles. The van der Waals surface area contributed by atoms with Crippen LogP contribution in [-0.2, 0) is 13.0 Å². The minimum atomic E-state index is 0.896. The number of benzene rings is 1. The lowest BCUT2D eigenvalue weighted by Gasteiger charge is -2.04. The molecule has 2 aromatic rings. The number of hydrogen-bond acceptors (Lipinski definition) is 2. The Bertz CT molecular complexity index is 409. The Labute approximate surface area is 89.3 Å². The van der Waals surface area contributed by atoms with Gasteiger partial charge in [0.2, 0.25) is 0 Å². The van der Waals surface area contributed by atoms with Crippen LogP contribution in [0.2, 0.25) is 0 Å². The highest BCUT2D eigenvalue weighted by Crippen LogP contribution is 2.13. The van der Waals surface area contributed by atoms with Crippen molar-refractivity contribution in [2.45, 2.75) is 13.0 Å². The zero-order valence-electron chi connectivity index (χ0n) is 8.68. The van der Waals surface area contributed by atoms with E-state index in [1.807, 2.05) is 22.9 Å². The molecular weight excluding hydrogens is 188 g/mol. The van der Waals surface area contributed by atoms with Crippen molar-refractivity contribution in [2.75, 3.05) is 7.11 Å². The molecule has 0 bridgehead atoms. The van der Waals surface area contributed by atoms with Gasteiger partial charge in [-0.2, -0.15) is 0 Å². The molecule has 3 heteroatoms. The van der Waals surface area contributed by atoms with E-state index >= 15 is 0 Å². The SMILES string of the molecule is COc1cccc(CCn2[c]ncc2)c1. The summed E-state index contributed by atoms with van der Waals surface area (Å²) in [4.78, 5) is 3.88. The molecule has 0 aliphatic rings. The summed E-state index contributed by atoms with van der Waals surface area (Å²) in [5, 5.41) is 0. The van der Waals surface area contributed by atoms with Crippen LogP contribution in [-0.4, -0.2) is 16.7 Å². The Kier molecular flexibility index (Phi) is 3.02. The van der Waals surface area contributed by atoms with Gasteiger partial charge in [-0.05, 0) is 24.1 Å². The smallest absolute Gasteiger partial charge is 0.176 e. The van der Waals surface area contributed by atoms with Crippen molar-refractivity contribution in [1.82, 2.24) is 9.55 Å². The second-order valence-corrected chi connectivity index (χ2v) is 3.32. The summed E-state index contributed by atoms with van der Waals surface area (Å²) in [6.45, 7) is 0.896. The average molecular weight is 201 g/mol. The van der Waals surface area contributed by atoms with Crippen LogP contribution in [0.5, 0.6) is 5.75 Å². The van der Waals surface area contributed by atoms with E-state index in [0.29, 0.717) is 0 Å². The van der Waals surface area contributed by atoms with Crippen LogP contribution in [0.3, 0.4) is 0 Å². The lowest BCUT2D eigenvalue weighted by Crippen LogP contribution is -1.98. The molecule has 1 aromatic heterocycles. The highest BCUT2D eigenvalue weighted by molar-refractivity contribution is 5.28. The lowest BCUT2D eigenvalue weighted by atomic mass is 10.1. The van der Waals surface area contributed by atoms with Gasteiger partial charge >= 0.3 is 0 Å². The van der Waals surface area contributed by atoms with Crippen LogP contribution >= 0.6 is 0 Å². The number of imidazole rings is 1. The molecule has 77 valence electrons. The van der Waals surface area contributed by atoms with Gasteiger partial charge in [0.25, 0.3) is 0 Å². The molecule has 0 aliphatic carbocycles. The number of ether oxygens (including phenoxy) is 1. The minimum absolute atomic E-state index is 0.896. The van der Waals surface area contributed by atoms with Crippen LogP contribution in [0.4, 0.5) is 0 Å². The maximum Gasteiger partial charge on any atom is 0.176 e. The number of nitrogens with zero attached hydrogens (tertiary/aromatic N) is 2. The summed E-state index contributed by atoms with van der Waals surface area (Å²) >= 11 is 0. The van der Waals surface area contributed by atoms with E-state index in [9.17, 15) is 0 Å². The van der Waals surface area contributed by atoms with Crippen molar-refractivity contribution < 1.29 is 4.74 Å². The van der Waals surface area contributed by atoms with E-state index in [-0.39, 0.29) is 0 Å². The first-order valence-electron chi connectivity index (χ1n) is 4.90. The number of hydrogen-bond donors (Lipinski definition) is 0. The fourth-order valence-electron chi connectivity index (χ4n) is 1.46. The molecular formula is C12H13N2O. The van der Waals surface area contributed by atoms with Gasteiger partial charge in [-0.25, -0.2) is 4.98 Å². The van der Waals surface area contributed by atoms with E-state index in [1.54, 1.807) is 13.3 Å². The zero-order chi connectivity index (χ0) is 10.5. The quantitative estimate of drug-likeness (QED) is 0.755. The summed E-state index contributed by atoms with van der Waals surface area (Å²) in [5.74, 6) is 0.905. The fourth-order valence-corrected chi connectivity index (χ4v) is 1.46. The molecule has 0 atom stereocenters. The fraction of sp³-hybridized carbons (Fsp3) is 0.250. The molecule has 0 saturated carbocycles. The molecule has 0 spiro atoms. The van der Waals surface area contributed by atoms with E-state index in [2.05, 4.69) is 23.4 Å². The molecule has 1 aromatic carbocycles. The van der Waals surface area contributed by atoms with E-state index in [4.69, 9.17) is 4.74 Å². The number of aryl methyl sites for hydroxylation is 2. The van der Waals surface area contributed by atoms with Crippen LogP contribution in [0.25, 0.3) is 0 Å². The molecule has 1 heterocycles. The predicted molar refractivity (Wildman–Crippen MR) is 57.8 cm³/mol. The molecule has 1 radical (unpaired) electrons. The molecule has 0 N–H and O–H groups in total. The summed E-state index contributed by atoms with van der Waals surface area (Å²) in [6, 6.07) is 8.11. The Morgan fingerprint density at radius 2 is 2.40 bits per heavy atom. The van der Waals surface area contributed by atoms with Crippen LogP contribution in [0.1, 0.15) is 5.56 Å². The number of methoxy groups -OCH3 is 1. The second-order valence-electron chi connectivity index (χ2n) is 3.32. The minimum Gasteiger partial charge on any atom is -0.497 e. The molecule has 3 nitrogen and oxygen atoms in total. The first kappa shape index (κ1) is 9.77. The maximum absolute atomic E-state index is 5.16. The largest absolute Gasteiger partial charge is 0.497 e. The molecule has 0 unspecified atom stereocenters. The highest BCUT2D eigenvalue weighted by Gasteiger charge is 1.96. The van der Waals surface area contributed by atoms with Gasteiger partial charge in [-0.1, -0.05) is 12.1 Å². The monoisotopic (exact) mass is 201 g/mol. The van der Waals surface area contributed by atoms with Gasteiger partial charge in [-0.3, -0.25) is 0 Å². The summed E-state index contributed by atoms with van der Waals surface area (Å²) < 4.78 is 7.11. The van der Waals surface area contributed by atoms with Gasteiger partial charge in [0, 0.05) is 18.9 Å². The van der Waals surface area contributed by atoms with Gasteiger partial charge < -0.3 is 9.30 Å². The van der Waals surface area contributed by atoms with Crippen LogP contribution in [0.15, 0.2) is 36.7 Å². The van der Waals surface area contributed by atoms with Crippen molar-refractivity contribution in [2.24, 2.45) is 0 Å². The Balaban J connectivity index is 1.98. The van der Waals surface area contributed by atoms with E-state index in [0.717, 1.165) is 18.7 Å². The Morgan fingerprint density at radius 3 is 3.13 bits per heavy atom. The van der Waals surface area contributed by atoms with Crippen molar-refractivity contribution >= 4 is 0 Å². The first-order valence-corrected chi connectivity index (χ1v) is 4.90. The van der Waals surface area contributed by atoms with Crippen molar-refractivity contribution in [3.63, 3.8) is 0 Å². The normalized spacial score (nSPS) is 10.2. The van der Waals surface area contributed by atoms with Gasteiger partial charge in [0.1, 0.15) is 5.75 Å². The van der Waals surface area contributed by atoms with Crippen LogP contribution < -0.4 is 4.74 Å². The number of aromatic nitrogens is 2. The van der Waals surface area contributed by atoms with Crippen molar-refractivity contribution in [3.05, 3.63) is 48.5 Å². The average Bonchev–Trinajstić information content (AvgIpc) is 2.79. The third kappa shape index (κ3) is 2.59. The molecule has 0 fully saturated rings. The topological polar surface area (TPSA) is 27.1 Å². The Hall–Kier alpha value is -1.77. The van der Waals surface area contributed by atoms with E-state index in [1.165, 1.54) is 5.56 Å². The molecule has 0 amide bonds. The third-order valence-corrected chi connectivity index (χ3v) is 2.28. The third-order valence-electron chi connectivity index (χ3n) is 2.28. The predicted octanol–water partition coefficient (Wildman–Crippen LogP) is 1.93. The van der Waals surface area contributed by atoms with Gasteiger partial charge in [0.05, 0.1) is 7.11 Å². The summed E-state index contributed by atoms with van der Waals surface area (Å²) in [7, 11) is 1.68. The first-order chi connectivity index (χ1) is 7.38. The van der Waals surface area contributed by atoms with Crippen LogP contribution in [0, 0.1) is 6.33 Å².